The van der Waals surface area contributed by atoms with Crippen molar-refractivity contribution in [2.24, 2.45) is 5.73 Å². The first-order chi connectivity index (χ1) is 20.0. The molecule has 2 N–H and O–H groups in total. The Bertz CT molecular complexity index is 1470. The molecule has 1 aromatic heterocycles. The highest BCUT2D eigenvalue weighted by atomic mass is 19.4. The van der Waals surface area contributed by atoms with Gasteiger partial charge in [0.05, 0.1) is 5.69 Å². The van der Waals surface area contributed by atoms with Gasteiger partial charge < -0.3 is 15.0 Å². The maximum atomic E-state index is 14.5. The zero-order chi connectivity index (χ0) is 30.3. The molecule has 222 valence electrons. The van der Waals surface area contributed by atoms with Crippen molar-refractivity contribution >= 4 is 5.91 Å². The lowest BCUT2D eigenvalue weighted by atomic mass is 10.1. The Hall–Kier alpha value is -4.25. The van der Waals surface area contributed by atoms with E-state index >= 15 is 0 Å². The van der Waals surface area contributed by atoms with Crippen LogP contribution in [0.3, 0.4) is 0 Å². The Kier molecular flexibility index (Phi) is 9.95. The van der Waals surface area contributed by atoms with E-state index in [1.807, 2.05) is 6.92 Å². The molecule has 0 aliphatic carbocycles. The molecular weight excluding hydrogens is 555 g/mol. The quantitative estimate of drug-likeness (QED) is 0.167. The van der Waals surface area contributed by atoms with Crippen molar-refractivity contribution in [3.05, 3.63) is 107 Å². The number of aromatic nitrogens is 2. The van der Waals surface area contributed by atoms with Gasteiger partial charge in [0.2, 0.25) is 5.91 Å². The predicted octanol–water partition coefficient (Wildman–Crippen LogP) is 7.27. The van der Waals surface area contributed by atoms with E-state index in [0.29, 0.717) is 29.7 Å². The number of ether oxygens (including phenoxy) is 1. The number of benzene rings is 3. The molecule has 0 bridgehead atoms. The van der Waals surface area contributed by atoms with Gasteiger partial charge in [-0.2, -0.15) is 22.0 Å². The van der Waals surface area contributed by atoms with Crippen molar-refractivity contribution in [3.8, 4) is 17.1 Å². The second kappa shape index (κ2) is 13.6. The second-order valence-corrected chi connectivity index (χ2v) is 9.83. The molecule has 1 heterocycles. The van der Waals surface area contributed by atoms with Gasteiger partial charge in [-0.1, -0.05) is 67.9 Å². The summed E-state index contributed by atoms with van der Waals surface area (Å²) in [4.78, 5) is 17.4. The number of hydrogen-bond donors (Lipinski definition) is 1. The van der Waals surface area contributed by atoms with E-state index < -0.39 is 24.4 Å². The Morgan fingerprint density at radius 2 is 1.64 bits per heavy atom. The Labute approximate surface area is 240 Å². The third kappa shape index (κ3) is 7.94. The van der Waals surface area contributed by atoms with Gasteiger partial charge >= 0.3 is 12.8 Å². The predicted molar refractivity (Wildman–Crippen MR) is 149 cm³/mol. The van der Waals surface area contributed by atoms with Gasteiger partial charge in [-0.15, -0.1) is 0 Å². The molecule has 42 heavy (non-hydrogen) atoms. The monoisotopic (exact) mass is 586 g/mol. The van der Waals surface area contributed by atoms with Gasteiger partial charge in [0.25, 0.3) is 0 Å². The zero-order valence-corrected chi connectivity index (χ0v) is 23.0. The van der Waals surface area contributed by atoms with Crippen LogP contribution in [-0.2, 0) is 32.4 Å². The number of nitrogens with two attached hydrogens (primary N) is 1. The molecule has 0 aliphatic rings. The van der Waals surface area contributed by atoms with Gasteiger partial charge in [-0.05, 0) is 41.8 Å². The van der Waals surface area contributed by atoms with Gasteiger partial charge in [-0.25, -0.2) is 4.98 Å². The SMILES string of the molecule is CCCCn1c(-c2ccccc2)nc(C(F)(F)F)c1CN(Cc1ccc(C(N)=O)cc1)Cc1cccc(OC(F)F)c1. The van der Waals surface area contributed by atoms with Gasteiger partial charge in [0.15, 0.2) is 5.69 Å². The summed E-state index contributed by atoms with van der Waals surface area (Å²) in [6.45, 7) is -0.558. The maximum absolute atomic E-state index is 14.5. The summed E-state index contributed by atoms with van der Waals surface area (Å²) in [6.07, 6.45) is -3.31. The number of nitrogens with zero attached hydrogens (tertiary/aromatic N) is 3. The smallest absolute Gasteiger partial charge is 0.435 e. The minimum Gasteiger partial charge on any atom is -0.435 e. The molecule has 0 spiro atoms. The van der Waals surface area contributed by atoms with Crippen molar-refractivity contribution in [2.75, 3.05) is 0 Å². The first-order valence-electron chi connectivity index (χ1n) is 13.4. The molecule has 1 amide bonds. The van der Waals surface area contributed by atoms with Crippen molar-refractivity contribution in [1.29, 1.82) is 0 Å². The summed E-state index contributed by atoms with van der Waals surface area (Å²) in [5.74, 6) is -0.426. The fourth-order valence-corrected chi connectivity index (χ4v) is 4.73. The molecule has 11 heteroatoms. The summed E-state index contributed by atoms with van der Waals surface area (Å²) >= 11 is 0. The Morgan fingerprint density at radius 1 is 0.952 bits per heavy atom. The molecule has 0 unspecified atom stereocenters. The second-order valence-electron chi connectivity index (χ2n) is 9.83. The van der Waals surface area contributed by atoms with E-state index in [-0.39, 0.29) is 36.9 Å². The zero-order valence-electron chi connectivity index (χ0n) is 23.0. The van der Waals surface area contributed by atoms with E-state index in [1.54, 1.807) is 76.2 Å². The Morgan fingerprint density at radius 3 is 2.26 bits per heavy atom. The van der Waals surface area contributed by atoms with E-state index in [0.717, 1.165) is 12.0 Å². The van der Waals surface area contributed by atoms with E-state index in [9.17, 15) is 26.7 Å². The van der Waals surface area contributed by atoms with Crippen LogP contribution >= 0.6 is 0 Å². The minimum absolute atomic E-state index is 0.00328. The fraction of sp³-hybridized carbons (Fsp3) is 0.290. The van der Waals surface area contributed by atoms with E-state index in [4.69, 9.17) is 5.73 Å². The molecule has 4 aromatic rings. The average molecular weight is 587 g/mol. The van der Waals surface area contributed by atoms with Crippen LogP contribution in [0.15, 0.2) is 78.9 Å². The molecule has 0 radical (unpaired) electrons. The number of amides is 1. The van der Waals surface area contributed by atoms with Crippen LogP contribution in [-0.4, -0.2) is 27.0 Å². The molecule has 4 rings (SSSR count). The van der Waals surface area contributed by atoms with Crippen LogP contribution in [0.4, 0.5) is 22.0 Å². The summed E-state index contributed by atoms with van der Waals surface area (Å²) in [7, 11) is 0. The van der Waals surface area contributed by atoms with Crippen LogP contribution in [0.1, 0.15) is 52.6 Å². The molecule has 0 saturated carbocycles. The number of carbonyl (C=O) groups is 1. The van der Waals surface area contributed by atoms with Gasteiger partial charge in [0, 0.05) is 37.3 Å². The highest BCUT2D eigenvalue weighted by molar-refractivity contribution is 5.92. The summed E-state index contributed by atoms with van der Waals surface area (Å²) in [5, 5.41) is 0. The number of unbranched alkanes of at least 4 members (excludes halogenated alkanes) is 1. The first kappa shape index (κ1) is 30.7. The summed E-state index contributed by atoms with van der Waals surface area (Å²) in [6, 6.07) is 21.2. The lowest BCUT2D eigenvalue weighted by molar-refractivity contribution is -0.141. The number of halogens is 5. The van der Waals surface area contributed by atoms with E-state index in [2.05, 4.69) is 9.72 Å². The molecule has 0 aliphatic heterocycles. The molecule has 3 aromatic carbocycles. The molecule has 0 saturated heterocycles. The maximum Gasteiger partial charge on any atom is 0.435 e. The number of alkyl halides is 5. The number of rotatable bonds is 13. The van der Waals surface area contributed by atoms with Gasteiger partial charge in [0.1, 0.15) is 11.6 Å². The molecule has 0 atom stereocenters. The van der Waals surface area contributed by atoms with Crippen molar-refractivity contribution in [2.45, 2.75) is 58.7 Å². The van der Waals surface area contributed by atoms with Crippen molar-refractivity contribution < 1.29 is 31.5 Å². The first-order valence-corrected chi connectivity index (χ1v) is 13.4. The molecular formula is C31H31F5N4O2. The lowest BCUT2D eigenvalue weighted by Crippen LogP contribution is -2.26. The fourth-order valence-electron chi connectivity index (χ4n) is 4.73. The van der Waals surface area contributed by atoms with Crippen LogP contribution in [0.25, 0.3) is 11.4 Å². The normalized spacial score (nSPS) is 11.8. The highest BCUT2D eigenvalue weighted by Gasteiger charge is 2.39. The van der Waals surface area contributed by atoms with Crippen LogP contribution in [0, 0.1) is 0 Å². The van der Waals surface area contributed by atoms with Crippen molar-refractivity contribution in [3.63, 3.8) is 0 Å². The van der Waals surface area contributed by atoms with Crippen LogP contribution < -0.4 is 10.5 Å². The van der Waals surface area contributed by atoms with E-state index in [1.165, 1.54) is 12.1 Å². The minimum atomic E-state index is -4.71. The van der Waals surface area contributed by atoms with Gasteiger partial charge in [-0.3, -0.25) is 9.69 Å². The largest absolute Gasteiger partial charge is 0.435 e. The Balaban J connectivity index is 1.78. The third-order valence-electron chi connectivity index (χ3n) is 6.66. The van der Waals surface area contributed by atoms with Crippen LogP contribution in [0.5, 0.6) is 5.75 Å². The topological polar surface area (TPSA) is 73.4 Å². The highest BCUT2D eigenvalue weighted by Crippen LogP contribution is 2.36. The third-order valence-corrected chi connectivity index (χ3v) is 6.66. The average Bonchev–Trinajstić information content (AvgIpc) is 3.31. The molecule has 6 nitrogen and oxygen atoms in total. The number of primary amides is 1. The standard InChI is InChI=1S/C31H31F5N4O2/c1-2-3-16-40-26(27(31(34,35)36)38-29(40)24-9-5-4-6-10-24)20-39(18-21-12-14-23(15-13-21)28(37)41)19-22-8-7-11-25(17-22)42-30(32)33/h4-15,17,30H,2-3,16,18-20H2,1H3,(H2,37,41). The summed E-state index contributed by atoms with van der Waals surface area (Å²) < 4.78 is 75.2. The number of imidazole rings is 1. The molecule has 0 fully saturated rings. The van der Waals surface area contributed by atoms with Crippen LogP contribution in [0.2, 0.25) is 0 Å². The number of carbonyl (C=O) groups excluding carboxylic acids is 1. The summed E-state index contributed by atoms with van der Waals surface area (Å²) in [5.41, 5.74) is 6.53. The lowest BCUT2D eigenvalue weighted by Gasteiger charge is -2.25. The van der Waals surface area contributed by atoms with Crippen molar-refractivity contribution in [1.82, 2.24) is 14.5 Å². The number of hydrogen-bond acceptors (Lipinski definition) is 4.